The monoisotopic (exact) mass is 333 g/mol. The number of likely N-dealkylation sites (tertiary alicyclic amines) is 1. The van der Waals surface area contributed by atoms with Gasteiger partial charge in [-0.2, -0.15) is 0 Å². The van der Waals surface area contributed by atoms with E-state index < -0.39 is 5.97 Å². The Bertz CT molecular complexity index is 730. The predicted octanol–water partition coefficient (Wildman–Crippen LogP) is 2.49. The van der Waals surface area contributed by atoms with Gasteiger partial charge in [0.2, 0.25) is 0 Å². The van der Waals surface area contributed by atoms with E-state index in [2.05, 4.69) is 22.0 Å². The highest BCUT2D eigenvalue weighted by Crippen LogP contribution is 2.29. The number of hydrogen-bond donors (Lipinski definition) is 1. The summed E-state index contributed by atoms with van der Waals surface area (Å²) in [6.07, 6.45) is 1.30. The van der Waals surface area contributed by atoms with Gasteiger partial charge in [0.05, 0.1) is 6.04 Å². The molecule has 0 saturated carbocycles. The van der Waals surface area contributed by atoms with Crippen molar-refractivity contribution in [3.05, 3.63) is 52.6 Å². The number of benzene rings is 1. The highest BCUT2D eigenvalue weighted by atomic mass is 35.5. The number of carboxylic acids is 1. The Morgan fingerprint density at radius 3 is 2.78 bits per heavy atom. The maximum atomic E-state index is 11.4. The predicted molar refractivity (Wildman–Crippen MR) is 85.0 cm³/mol. The van der Waals surface area contributed by atoms with Crippen molar-refractivity contribution in [2.45, 2.75) is 19.0 Å². The zero-order chi connectivity index (χ0) is 16.4. The summed E-state index contributed by atoms with van der Waals surface area (Å²) in [6.45, 7) is 2.27. The van der Waals surface area contributed by atoms with Crippen molar-refractivity contribution < 1.29 is 14.7 Å². The van der Waals surface area contributed by atoms with E-state index in [1.807, 2.05) is 18.2 Å². The smallest absolute Gasteiger partial charge is 0.355 e. The van der Waals surface area contributed by atoms with E-state index in [0.717, 1.165) is 19.5 Å². The van der Waals surface area contributed by atoms with Gasteiger partial charge in [-0.05, 0) is 12.0 Å². The van der Waals surface area contributed by atoms with Crippen molar-refractivity contribution in [1.29, 1.82) is 0 Å². The molecule has 0 amide bonds. The van der Waals surface area contributed by atoms with E-state index in [0.29, 0.717) is 12.8 Å². The molecule has 3 rings (SSSR count). The number of carbonyl (C=O) groups excluding carboxylic acids is 1. The minimum atomic E-state index is -1.17. The van der Waals surface area contributed by atoms with Crippen molar-refractivity contribution in [3.8, 4) is 0 Å². The summed E-state index contributed by atoms with van der Waals surface area (Å²) in [5.41, 5.74) is 1.09. The first kappa shape index (κ1) is 15.7. The molecule has 1 unspecified atom stereocenters. The lowest BCUT2D eigenvalue weighted by molar-refractivity contribution is 0.0682. The SMILES string of the molecule is O=Cc1nc(Cl)c(C(=O)O)n1C1CCN(Cc2ccccc2)C1. The third kappa shape index (κ3) is 3.13. The molecule has 2 heterocycles. The molecule has 1 saturated heterocycles. The summed E-state index contributed by atoms with van der Waals surface area (Å²) in [7, 11) is 0. The molecule has 1 atom stereocenters. The number of nitrogens with zero attached hydrogens (tertiary/aromatic N) is 3. The zero-order valence-electron chi connectivity index (χ0n) is 12.4. The lowest BCUT2D eigenvalue weighted by Gasteiger charge is -2.18. The first-order chi connectivity index (χ1) is 11.1. The van der Waals surface area contributed by atoms with Crippen LogP contribution in [0.25, 0.3) is 0 Å². The van der Waals surface area contributed by atoms with Crippen LogP contribution in [0.1, 0.15) is 39.1 Å². The van der Waals surface area contributed by atoms with E-state index in [1.165, 1.54) is 10.1 Å². The Labute approximate surface area is 138 Å². The number of aldehydes is 1. The maximum absolute atomic E-state index is 11.4. The second-order valence-electron chi connectivity index (χ2n) is 5.57. The van der Waals surface area contributed by atoms with Crippen LogP contribution in [-0.4, -0.2) is 44.9 Å². The Kier molecular flexibility index (Phi) is 4.45. The Balaban J connectivity index is 1.81. The molecule has 1 aromatic heterocycles. The zero-order valence-corrected chi connectivity index (χ0v) is 13.1. The summed E-state index contributed by atoms with van der Waals surface area (Å²) in [5, 5.41) is 9.20. The largest absolute Gasteiger partial charge is 0.476 e. The van der Waals surface area contributed by atoms with E-state index in [1.54, 1.807) is 0 Å². The normalized spacial score (nSPS) is 18.2. The molecule has 0 bridgehead atoms. The number of halogens is 1. The number of carboxylic acid groups (broad SMARTS) is 1. The van der Waals surface area contributed by atoms with Gasteiger partial charge in [-0.15, -0.1) is 0 Å². The van der Waals surface area contributed by atoms with Gasteiger partial charge >= 0.3 is 5.97 Å². The van der Waals surface area contributed by atoms with Crippen LogP contribution in [0.2, 0.25) is 5.15 Å². The molecular formula is C16H16ClN3O3. The topological polar surface area (TPSA) is 75.4 Å². The number of aromatic carboxylic acids is 1. The molecule has 7 heteroatoms. The van der Waals surface area contributed by atoms with Gasteiger partial charge < -0.3 is 9.67 Å². The van der Waals surface area contributed by atoms with Crippen molar-refractivity contribution in [2.75, 3.05) is 13.1 Å². The molecule has 0 radical (unpaired) electrons. The standard InChI is InChI=1S/C16H16ClN3O3/c17-15-14(16(22)23)20(13(10-21)18-15)12-6-7-19(9-12)8-11-4-2-1-3-5-11/h1-5,10,12H,6-9H2,(H,22,23). The van der Waals surface area contributed by atoms with Crippen LogP contribution >= 0.6 is 11.6 Å². The van der Waals surface area contributed by atoms with Gasteiger partial charge in [0.15, 0.2) is 23.0 Å². The highest BCUT2D eigenvalue weighted by molar-refractivity contribution is 6.32. The summed E-state index contributed by atoms with van der Waals surface area (Å²) in [6, 6.07) is 9.95. The fourth-order valence-electron chi connectivity index (χ4n) is 3.07. The van der Waals surface area contributed by atoms with E-state index in [4.69, 9.17) is 11.6 Å². The second-order valence-corrected chi connectivity index (χ2v) is 5.92. The fraction of sp³-hybridized carbons (Fsp3) is 0.312. The first-order valence-electron chi connectivity index (χ1n) is 7.32. The maximum Gasteiger partial charge on any atom is 0.355 e. The molecule has 2 aromatic rings. The number of hydrogen-bond acceptors (Lipinski definition) is 4. The molecule has 120 valence electrons. The van der Waals surface area contributed by atoms with Crippen molar-refractivity contribution >= 4 is 23.9 Å². The Morgan fingerprint density at radius 1 is 1.39 bits per heavy atom. The quantitative estimate of drug-likeness (QED) is 0.851. The number of imidazole rings is 1. The molecule has 1 aliphatic heterocycles. The minimum Gasteiger partial charge on any atom is -0.476 e. The summed E-state index contributed by atoms with van der Waals surface area (Å²) >= 11 is 5.88. The van der Waals surface area contributed by atoms with Crippen molar-refractivity contribution in [2.24, 2.45) is 0 Å². The highest BCUT2D eigenvalue weighted by Gasteiger charge is 2.31. The van der Waals surface area contributed by atoms with Crippen LogP contribution in [0.5, 0.6) is 0 Å². The van der Waals surface area contributed by atoms with Gasteiger partial charge in [-0.1, -0.05) is 41.9 Å². The van der Waals surface area contributed by atoms with Gasteiger partial charge in [-0.3, -0.25) is 9.69 Å². The Morgan fingerprint density at radius 2 is 2.13 bits per heavy atom. The summed E-state index contributed by atoms with van der Waals surface area (Å²) in [4.78, 5) is 28.7. The molecule has 1 aliphatic rings. The van der Waals surface area contributed by atoms with Crippen LogP contribution < -0.4 is 0 Å². The molecule has 6 nitrogen and oxygen atoms in total. The second kappa shape index (κ2) is 6.52. The van der Waals surface area contributed by atoms with E-state index in [-0.39, 0.29) is 22.7 Å². The van der Waals surface area contributed by atoms with Crippen LogP contribution in [0, 0.1) is 0 Å². The lowest BCUT2D eigenvalue weighted by Crippen LogP contribution is -2.23. The number of aromatic nitrogens is 2. The number of carbonyl (C=O) groups is 2. The van der Waals surface area contributed by atoms with Crippen LogP contribution in [0.4, 0.5) is 0 Å². The van der Waals surface area contributed by atoms with E-state index >= 15 is 0 Å². The van der Waals surface area contributed by atoms with Gasteiger partial charge in [0.25, 0.3) is 0 Å². The van der Waals surface area contributed by atoms with Gasteiger partial charge in [0, 0.05) is 19.6 Å². The van der Waals surface area contributed by atoms with Gasteiger partial charge in [-0.25, -0.2) is 9.78 Å². The van der Waals surface area contributed by atoms with Crippen LogP contribution in [-0.2, 0) is 6.54 Å². The molecule has 1 aromatic carbocycles. The molecule has 23 heavy (non-hydrogen) atoms. The van der Waals surface area contributed by atoms with Crippen LogP contribution in [0.15, 0.2) is 30.3 Å². The fourth-order valence-corrected chi connectivity index (χ4v) is 3.33. The minimum absolute atomic E-state index is 0.0685. The third-order valence-corrected chi connectivity index (χ3v) is 4.33. The molecule has 1 N–H and O–H groups in total. The number of rotatable bonds is 5. The Hall–Kier alpha value is -2.18. The van der Waals surface area contributed by atoms with Crippen molar-refractivity contribution in [3.63, 3.8) is 0 Å². The lowest BCUT2D eigenvalue weighted by atomic mass is 10.2. The third-order valence-electron chi connectivity index (χ3n) is 4.07. The average Bonchev–Trinajstić information content (AvgIpc) is 3.11. The first-order valence-corrected chi connectivity index (χ1v) is 7.70. The van der Waals surface area contributed by atoms with E-state index in [9.17, 15) is 14.7 Å². The molecule has 1 fully saturated rings. The van der Waals surface area contributed by atoms with Crippen molar-refractivity contribution in [1.82, 2.24) is 14.5 Å². The average molecular weight is 334 g/mol. The summed E-state index contributed by atoms with van der Waals surface area (Å²) < 4.78 is 1.46. The molecular weight excluding hydrogens is 318 g/mol. The molecule has 0 aliphatic carbocycles. The molecule has 0 spiro atoms. The summed E-state index contributed by atoms with van der Waals surface area (Å²) in [5.74, 6) is -1.10. The van der Waals surface area contributed by atoms with Crippen LogP contribution in [0.3, 0.4) is 0 Å². The van der Waals surface area contributed by atoms with Gasteiger partial charge in [0.1, 0.15) is 0 Å².